The van der Waals surface area contributed by atoms with Crippen LogP contribution in [0.5, 0.6) is 0 Å². The smallest absolute Gasteiger partial charge is 0.178 e. The molecular formula is C76H83N15. The molecule has 0 N–H and O–H groups in total. The summed E-state index contributed by atoms with van der Waals surface area (Å²) < 4.78 is 0. The van der Waals surface area contributed by atoms with E-state index in [1.807, 2.05) is 128 Å². The zero-order chi connectivity index (χ0) is 64.8. The standard InChI is InChI=1S/6C11H12N2.C10H11N3/c1-8(2)9-5-6-10-11(13-9)4-3-7-12-10;1-8(2)10-6-5-9-4-3-7-12-11(9)13-10;1-8(2)9-5-7-12-10-4-3-6-13-11(9)10;1-8(2)9-5-7-13-11-10(9)4-3-6-12-11;1-8(2)9-6-11-10(13-7-9)4-3-5-12-11;1-8(2)10-6-9-4-3-5-12-11(9)13-7-10;1-7(2)9-6-12-10-8(13-9)4-3-5-11-10/h6*3-8H,1-2H3;3-7H,1-2H3. The van der Waals surface area contributed by atoms with Crippen molar-refractivity contribution in [2.24, 2.45) is 0 Å². The summed E-state index contributed by atoms with van der Waals surface area (Å²) in [6.45, 7) is 30.1. The molecular weight excluding hydrogens is 1120 g/mol. The predicted octanol–water partition coefficient (Wildman–Crippen LogP) is 18.7. The van der Waals surface area contributed by atoms with E-state index in [1.54, 1.807) is 43.4 Å². The van der Waals surface area contributed by atoms with Crippen molar-refractivity contribution in [2.45, 2.75) is 138 Å². The van der Waals surface area contributed by atoms with E-state index in [9.17, 15) is 0 Å². The summed E-state index contributed by atoms with van der Waals surface area (Å²) in [5.74, 6) is 3.42. The van der Waals surface area contributed by atoms with Crippen LogP contribution >= 0.6 is 0 Å². The third-order valence-electron chi connectivity index (χ3n) is 14.7. The van der Waals surface area contributed by atoms with Gasteiger partial charge in [0.2, 0.25) is 0 Å². The maximum atomic E-state index is 4.51. The van der Waals surface area contributed by atoms with Crippen LogP contribution in [0.4, 0.5) is 0 Å². The summed E-state index contributed by atoms with van der Waals surface area (Å²) in [5, 5.41) is 3.39. The number of nitrogens with zero attached hydrogens (tertiary/aromatic N) is 15. The highest BCUT2D eigenvalue weighted by molar-refractivity contribution is 5.80. The molecule has 0 bridgehead atoms. The normalized spacial score (nSPS) is 11.0. The fraction of sp³-hybridized carbons (Fsp3) is 0.276. The van der Waals surface area contributed by atoms with Crippen LogP contribution < -0.4 is 0 Å². The molecule has 0 aliphatic rings. The van der Waals surface area contributed by atoms with Crippen molar-refractivity contribution in [1.82, 2.24) is 74.8 Å². The zero-order valence-electron chi connectivity index (χ0n) is 54.9. The lowest BCUT2D eigenvalue weighted by Gasteiger charge is -2.07. The average Bonchev–Trinajstić information content (AvgIpc) is 2.24. The lowest BCUT2D eigenvalue weighted by atomic mass is 10.0. The SMILES string of the molecule is CC(C)c1ccc2cccnc2n1.CC(C)c1ccc2ncccc2n1.CC(C)c1ccnc2cccnc12.CC(C)c1ccnc2ncccc12.CC(C)c1cnc2cccnc2c1.CC(C)c1cnc2ncccc2c1.CC(C)c1cnc2ncccc2n1. The van der Waals surface area contributed by atoms with Crippen molar-refractivity contribution in [3.8, 4) is 0 Å². The second kappa shape index (κ2) is 32.9. The van der Waals surface area contributed by atoms with Crippen LogP contribution in [-0.4, -0.2) is 74.8 Å². The quantitative estimate of drug-likeness (QED) is 0.146. The molecule has 0 aliphatic heterocycles. The first-order valence-electron chi connectivity index (χ1n) is 31.3. The van der Waals surface area contributed by atoms with Crippen LogP contribution in [0.25, 0.3) is 77.4 Å². The highest BCUT2D eigenvalue weighted by atomic mass is 14.9. The number of rotatable bonds is 7. The van der Waals surface area contributed by atoms with Gasteiger partial charge in [-0.1, -0.05) is 96.9 Å². The number of aromatic nitrogens is 15. The fourth-order valence-electron chi connectivity index (χ4n) is 9.29. The lowest BCUT2D eigenvalue weighted by Crippen LogP contribution is -1.95. The molecule has 0 aromatic carbocycles. The van der Waals surface area contributed by atoms with E-state index in [-0.39, 0.29) is 0 Å². The van der Waals surface area contributed by atoms with E-state index < -0.39 is 0 Å². The summed E-state index contributed by atoms with van der Waals surface area (Å²) in [6.07, 6.45) is 21.7. The first-order valence-corrected chi connectivity index (χ1v) is 31.3. The van der Waals surface area contributed by atoms with Crippen LogP contribution in [0, 0.1) is 0 Å². The number of hydrogen-bond acceptors (Lipinski definition) is 15. The molecule has 0 fully saturated rings. The summed E-state index contributed by atoms with van der Waals surface area (Å²) >= 11 is 0. The minimum atomic E-state index is 0.414. The molecule has 15 heteroatoms. The highest BCUT2D eigenvalue weighted by Gasteiger charge is 2.09. The van der Waals surface area contributed by atoms with Gasteiger partial charge in [-0.3, -0.25) is 29.9 Å². The number of hydrogen-bond donors (Lipinski definition) is 0. The van der Waals surface area contributed by atoms with Gasteiger partial charge < -0.3 is 0 Å². The van der Waals surface area contributed by atoms with E-state index in [0.29, 0.717) is 47.1 Å². The number of pyridine rings is 13. The first-order chi connectivity index (χ1) is 43.9. The van der Waals surface area contributed by atoms with E-state index in [4.69, 9.17) is 0 Å². The summed E-state index contributed by atoms with van der Waals surface area (Å²) in [7, 11) is 0. The van der Waals surface area contributed by atoms with Crippen molar-refractivity contribution < 1.29 is 0 Å². The molecule has 0 atom stereocenters. The second-order valence-electron chi connectivity index (χ2n) is 24.0. The third kappa shape index (κ3) is 18.9. The van der Waals surface area contributed by atoms with Gasteiger partial charge in [-0.25, -0.2) is 44.9 Å². The maximum Gasteiger partial charge on any atom is 0.178 e. The first kappa shape index (κ1) is 66.8. The number of fused-ring (bicyclic) bond motifs is 7. The third-order valence-corrected chi connectivity index (χ3v) is 14.7. The van der Waals surface area contributed by atoms with Gasteiger partial charge in [-0.15, -0.1) is 0 Å². The van der Waals surface area contributed by atoms with Crippen LogP contribution in [0.15, 0.2) is 208 Å². The molecule has 0 saturated heterocycles. The lowest BCUT2D eigenvalue weighted by molar-refractivity contribution is 0.821. The Bertz CT molecular complexity index is 3990. The van der Waals surface area contributed by atoms with Crippen molar-refractivity contribution in [2.75, 3.05) is 0 Å². The van der Waals surface area contributed by atoms with Gasteiger partial charge in [0.25, 0.3) is 0 Å². The summed E-state index contributed by atoms with van der Waals surface area (Å²) in [4.78, 5) is 64.3. The van der Waals surface area contributed by atoms with Crippen molar-refractivity contribution >= 4 is 77.4 Å². The molecule has 14 aromatic heterocycles. The van der Waals surface area contributed by atoms with Gasteiger partial charge in [0.1, 0.15) is 5.52 Å². The average molecular weight is 1210 g/mol. The Morgan fingerprint density at radius 3 is 1.38 bits per heavy atom. The minimum absolute atomic E-state index is 0.414. The molecule has 0 spiro atoms. The van der Waals surface area contributed by atoms with Crippen LogP contribution in [0.1, 0.15) is 178 Å². The van der Waals surface area contributed by atoms with Gasteiger partial charge in [-0.2, -0.15) is 0 Å². The molecule has 0 unspecified atom stereocenters. The van der Waals surface area contributed by atoms with Crippen molar-refractivity contribution in [1.29, 1.82) is 0 Å². The van der Waals surface area contributed by atoms with Crippen molar-refractivity contribution in [3.63, 3.8) is 0 Å². The van der Waals surface area contributed by atoms with Crippen LogP contribution in [0.3, 0.4) is 0 Å². The van der Waals surface area contributed by atoms with Gasteiger partial charge in [0.05, 0.1) is 45.0 Å². The maximum absolute atomic E-state index is 4.51. The molecule has 0 amide bonds. The summed E-state index contributed by atoms with van der Waals surface area (Å²) in [5.41, 5.74) is 18.3. The van der Waals surface area contributed by atoms with Gasteiger partial charge in [-0.05, 0) is 197 Å². The Balaban J connectivity index is 0.000000137. The molecule has 0 radical (unpaired) electrons. The van der Waals surface area contributed by atoms with E-state index in [0.717, 1.165) is 83.4 Å². The van der Waals surface area contributed by atoms with E-state index >= 15 is 0 Å². The zero-order valence-corrected chi connectivity index (χ0v) is 54.9. The second-order valence-corrected chi connectivity index (χ2v) is 24.0. The topological polar surface area (TPSA) is 193 Å². The molecule has 14 heterocycles. The van der Waals surface area contributed by atoms with Crippen molar-refractivity contribution in [3.05, 3.63) is 247 Å². The Morgan fingerprint density at radius 1 is 0.242 bits per heavy atom. The molecule has 15 nitrogen and oxygen atoms in total. The Morgan fingerprint density at radius 2 is 0.703 bits per heavy atom. The fourth-order valence-corrected chi connectivity index (χ4v) is 9.29. The van der Waals surface area contributed by atoms with Gasteiger partial charge >= 0.3 is 0 Å². The minimum Gasteiger partial charge on any atom is -0.255 e. The summed E-state index contributed by atoms with van der Waals surface area (Å²) in [6, 6.07) is 44.0. The largest absolute Gasteiger partial charge is 0.255 e. The Hall–Kier alpha value is -10.2. The molecule has 0 aliphatic carbocycles. The van der Waals surface area contributed by atoms with Gasteiger partial charge in [0, 0.05) is 95.7 Å². The predicted molar refractivity (Wildman–Crippen MR) is 373 cm³/mol. The molecule has 462 valence electrons. The monoisotopic (exact) mass is 1210 g/mol. The highest BCUT2D eigenvalue weighted by Crippen LogP contribution is 2.24. The molecule has 0 saturated carbocycles. The molecule has 91 heavy (non-hydrogen) atoms. The van der Waals surface area contributed by atoms with Crippen LogP contribution in [0.2, 0.25) is 0 Å². The van der Waals surface area contributed by atoms with Gasteiger partial charge in [0.15, 0.2) is 22.6 Å². The molecule has 14 aromatic rings. The Kier molecular flexibility index (Phi) is 24.1. The van der Waals surface area contributed by atoms with E-state index in [2.05, 4.69) is 208 Å². The Labute approximate surface area is 535 Å². The van der Waals surface area contributed by atoms with Crippen LogP contribution in [-0.2, 0) is 0 Å². The molecule has 14 rings (SSSR count). The van der Waals surface area contributed by atoms with E-state index in [1.165, 1.54) is 27.6 Å².